The van der Waals surface area contributed by atoms with Crippen LogP contribution in [0.25, 0.3) is 11.5 Å². The summed E-state index contributed by atoms with van der Waals surface area (Å²) in [5.41, 5.74) is 1.35. The van der Waals surface area contributed by atoms with Gasteiger partial charge in [-0.05, 0) is 25.5 Å². The molecule has 3 aromatic heterocycles. The van der Waals surface area contributed by atoms with E-state index in [-0.39, 0.29) is 19.2 Å². The Balaban J connectivity index is 2.01. The van der Waals surface area contributed by atoms with Crippen LogP contribution in [-0.2, 0) is 19.5 Å². The van der Waals surface area contributed by atoms with E-state index < -0.39 is 27.2 Å². The molecule has 0 unspecified atom stereocenters. The van der Waals surface area contributed by atoms with Gasteiger partial charge >= 0.3 is 0 Å². The van der Waals surface area contributed by atoms with Crippen molar-refractivity contribution in [3.8, 4) is 17.4 Å². The number of methoxy groups -OCH3 is 3. The van der Waals surface area contributed by atoms with Crippen molar-refractivity contribution in [2.75, 3.05) is 39.3 Å². The minimum atomic E-state index is -3.92. The summed E-state index contributed by atoms with van der Waals surface area (Å²) in [5.74, 6) is 0.705. The number of sulfonamides is 1. The Kier molecular flexibility index (Phi) is 8.70. The largest absolute Gasteiger partial charge is 0.481 e. The van der Waals surface area contributed by atoms with Gasteiger partial charge < -0.3 is 14.2 Å². The Morgan fingerprint density at radius 1 is 1.03 bits per heavy atom. The van der Waals surface area contributed by atoms with Gasteiger partial charge in [-0.25, -0.2) is 23.4 Å². The van der Waals surface area contributed by atoms with Crippen molar-refractivity contribution in [1.29, 1.82) is 0 Å². The number of hydrogen-bond acceptors (Lipinski definition) is 10. The van der Waals surface area contributed by atoms with Crippen LogP contribution < -0.4 is 9.46 Å². The molecule has 3 aromatic rings. The first-order chi connectivity index (χ1) is 16.7. The van der Waals surface area contributed by atoms with Gasteiger partial charge in [0, 0.05) is 38.6 Å². The fourth-order valence-electron chi connectivity index (χ4n) is 3.45. The molecule has 0 aliphatic rings. The van der Waals surface area contributed by atoms with E-state index in [1.165, 1.54) is 7.11 Å². The zero-order valence-electron chi connectivity index (χ0n) is 20.7. The maximum absolute atomic E-state index is 13.4. The van der Waals surface area contributed by atoms with Crippen LogP contribution in [-0.4, -0.2) is 77.9 Å². The van der Waals surface area contributed by atoms with E-state index in [4.69, 9.17) is 14.2 Å². The van der Waals surface area contributed by atoms with Crippen molar-refractivity contribution >= 4 is 16.0 Å². The van der Waals surface area contributed by atoms with Gasteiger partial charge in [-0.2, -0.15) is 0 Å². The third-order valence-electron chi connectivity index (χ3n) is 5.58. The fraction of sp³-hybridized carbons (Fsp3) is 0.500. The van der Waals surface area contributed by atoms with Crippen molar-refractivity contribution < 1.29 is 22.6 Å². The van der Waals surface area contributed by atoms with Crippen LogP contribution in [0.3, 0.4) is 0 Å². The number of aryl methyl sites for hydroxylation is 1. The molecule has 0 radical (unpaired) electrons. The van der Waals surface area contributed by atoms with Gasteiger partial charge in [0.05, 0.1) is 31.6 Å². The Morgan fingerprint density at radius 2 is 1.69 bits per heavy atom. The molecule has 12 nitrogen and oxygen atoms in total. The first-order valence-corrected chi connectivity index (χ1v) is 12.5. The van der Waals surface area contributed by atoms with Crippen LogP contribution >= 0.6 is 0 Å². The summed E-state index contributed by atoms with van der Waals surface area (Å²) in [5, 5.41) is 7.52. The van der Waals surface area contributed by atoms with Crippen molar-refractivity contribution in [3.05, 3.63) is 42.0 Å². The number of aromatic nitrogens is 6. The first kappa shape index (κ1) is 26.4. The predicted molar refractivity (Wildman–Crippen MR) is 130 cm³/mol. The summed E-state index contributed by atoms with van der Waals surface area (Å²) in [4.78, 5) is 13.0. The average molecular weight is 506 g/mol. The molecule has 0 saturated heterocycles. The minimum absolute atomic E-state index is 0.0209. The highest BCUT2D eigenvalue weighted by Gasteiger charge is 2.32. The van der Waals surface area contributed by atoms with Crippen LogP contribution in [0.1, 0.15) is 37.2 Å². The second-order valence-corrected chi connectivity index (χ2v) is 10.1. The van der Waals surface area contributed by atoms with Crippen molar-refractivity contribution in [2.45, 2.75) is 38.0 Å². The number of nitrogens with zero attached hydrogens (tertiary/aromatic N) is 6. The Hall–Kier alpha value is -3.16. The highest BCUT2D eigenvalue weighted by atomic mass is 32.2. The molecule has 0 amide bonds. The fourth-order valence-corrected chi connectivity index (χ4v) is 4.69. The van der Waals surface area contributed by atoms with Crippen LogP contribution in [0.5, 0.6) is 5.88 Å². The van der Waals surface area contributed by atoms with Crippen molar-refractivity contribution in [1.82, 2.24) is 29.7 Å². The van der Waals surface area contributed by atoms with Crippen LogP contribution in [0, 0.1) is 6.92 Å². The standard InChI is InChI=1S/C22H31N7O5S/c1-14-10-23-20(24-11-14)15(2)16(3)35(30,31)28-22-27-26-21(18-8-7-9-19(25-18)34-6)29(22)17(12-32-4)13-33-5/h7-11,15-17H,12-13H2,1-6H3,(H,27,28)/t15-,16-/m0/s1. The van der Waals surface area contributed by atoms with Gasteiger partial charge in [-0.1, -0.05) is 13.0 Å². The number of anilines is 1. The van der Waals surface area contributed by atoms with Gasteiger partial charge in [-0.15, -0.1) is 10.2 Å². The molecule has 190 valence electrons. The Labute approximate surface area is 205 Å². The van der Waals surface area contributed by atoms with Gasteiger partial charge in [0.25, 0.3) is 0 Å². The van der Waals surface area contributed by atoms with Crippen molar-refractivity contribution in [2.24, 2.45) is 0 Å². The number of rotatable bonds is 12. The summed E-state index contributed by atoms with van der Waals surface area (Å²) >= 11 is 0. The maximum atomic E-state index is 13.4. The molecular weight excluding hydrogens is 474 g/mol. The molecule has 0 saturated carbocycles. The van der Waals surface area contributed by atoms with Crippen LogP contribution in [0.2, 0.25) is 0 Å². The SMILES string of the molecule is COCC(COC)n1c(NS(=O)(=O)[C@@H](C)[C@H](C)c2ncc(C)cn2)nnc1-c1cccc(OC)n1. The lowest BCUT2D eigenvalue weighted by Crippen LogP contribution is -2.32. The predicted octanol–water partition coefficient (Wildman–Crippen LogP) is 2.21. The number of nitrogens with one attached hydrogen (secondary N) is 1. The van der Waals surface area contributed by atoms with Gasteiger partial charge in [0.2, 0.25) is 21.9 Å². The second-order valence-electron chi connectivity index (χ2n) is 8.11. The molecular formula is C22H31N7O5S. The van der Waals surface area contributed by atoms with E-state index in [2.05, 4.69) is 29.9 Å². The number of ether oxygens (including phenoxy) is 3. The molecule has 35 heavy (non-hydrogen) atoms. The molecule has 3 rings (SSSR count). The quantitative estimate of drug-likeness (QED) is 0.389. The molecule has 0 aromatic carbocycles. The lowest BCUT2D eigenvalue weighted by atomic mass is 10.1. The van der Waals surface area contributed by atoms with Crippen molar-refractivity contribution in [3.63, 3.8) is 0 Å². The highest BCUT2D eigenvalue weighted by Crippen LogP contribution is 2.28. The van der Waals surface area contributed by atoms with Crippen LogP contribution in [0.15, 0.2) is 30.6 Å². The number of pyridine rings is 1. The van der Waals surface area contributed by atoms with E-state index >= 15 is 0 Å². The third-order valence-corrected chi connectivity index (χ3v) is 7.43. The molecule has 0 aliphatic carbocycles. The lowest BCUT2D eigenvalue weighted by Gasteiger charge is -2.23. The van der Waals surface area contributed by atoms with E-state index in [9.17, 15) is 8.42 Å². The Bertz CT molecular complexity index is 1210. The molecule has 0 bridgehead atoms. The molecule has 13 heteroatoms. The topological polar surface area (TPSA) is 143 Å². The molecule has 0 spiro atoms. The van der Waals surface area contributed by atoms with E-state index in [0.29, 0.717) is 23.2 Å². The van der Waals surface area contributed by atoms with E-state index in [1.54, 1.807) is 63.2 Å². The van der Waals surface area contributed by atoms with Gasteiger partial charge in [0.15, 0.2) is 5.82 Å². The summed E-state index contributed by atoms with van der Waals surface area (Å²) < 4.78 is 46.9. The smallest absolute Gasteiger partial charge is 0.239 e. The molecule has 1 N–H and O–H groups in total. The number of hydrogen-bond donors (Lipinski definition) is 1. The molecule has 0 aliphatic heterocycles. The molecule has 2 atom stereocenters. The minimum Gasteiger partial charge on any atom is -0.481 e. The highest BCUT2D eigenvalue weighted by molar-refractivity contribution is 7.93. The lowest BCUT2D eigenvalue weighted by molar-refractivity contribution is 0.0908. The van der Waals surface area contributed by atoms with E-state index in [1.807, 2.05) is 6.92 Å². The summed E-state index contributed by atoms with van der Waals surface area (Å²) in [6.07, 6.45) is 3.32. The zero-order valence-corrected chi connectivity index (χ0v) is 21.5. The average Bonchev–Trinajstić information content (AvgIpc) is 3.26. The molecule has 3 heterocycles. The Morgan fingerprint density at radius 3 is 2.29 bits per heavy atom. The first-order valence-electron chi connectivity index (χ1n) is 11.0. The summed E-state index contributed by atoms with van der Waals surface area (Å²) in [6.45, 7) is 5.68. The third kappa shape index (κ3) is 6.10. The monoisotopic (exact) mass is 505 g/mol. The maximum Gasteiger partial charge on any atom is 0.239 e. The van der Waals surface area contributed by atoms with Crippen LogP contribution in [0.4, 0.5) is 5.95 Å². The molecule has 0 fully saturated rings. The summed E-state index contributed by atoms with van der Waals surface area (Å²) in [6, 6.07) is 4.76. The second kappa shape index (κ2) is 11.5. The van der Waals surface area contributed by atoms with E-state index in [0.717, 1.165) is 5.56 Å². The summed E-state index contributed by atoms with van der Waals surface area (Å²) in [7, 11) is 0.685. The zero-order chi connectivity index (χ0) is 25.6. The van der Waals surface area contributed by atoms with Gasteiger partial charge in [-0.3, -0.25) is 9.29 Å². The van der Waals surface area contributed by atoms with Gasteiger partial charge in [0.1, 0.15) is 11.5 Å². The normalized spacial score (nSPS) is 13.6.